The smallest absolute Gasteiger partial charge is 0.151 e. The van der Waals surface area contributed by atoms with E-state index >= 15 is 0 Å². The maximum absolute atomic E-state index is 8.79. The Kier molecular flexibility index (Phi) is 2.77. The van der Waals surface area contributed by atoms with Crippen LogP contribution in [0.4, 0.5) is 0 Å². The lowest BCUT2D eigenvalue weighted by Crippen LogP contribution is -1.88. The number of hydrogen-bond donors (Lipinski definition) is 1. The molecule has 0 spiro atoms. The van der Waals surface area contributed by atoms with Crippen LogP contribution in [-0.4, -0.2) is 10.6 Å². The Morgan fingerprint density at radius 1 is 1.71 bits per heavy atom. The normalized spacial score (nSPS) is 19.6. The molecule has 0 saturated heterocycles. The Bertz CT molecular complexity index is 97.1. The van der Waals surface area contributed by atoms with E-state index < -0.39 is 5.62 Å². The monoisotopic (exact) mass is 158 g/mol. The van der Waals surface area contributed by atoms with E-state index in [4.69, 9.17) is 16.1 Å². The third kappa shape index (κ3) is 3.48. The molecule has 1 N–H and O–H groups in total. The summed E-state index contributed by atoms with van der Waals surface area (Å²) in [7, 11) is 0. The lowest BCUT2D eigenvalue weighted by molar-refractivity contribution is 0.627. The molecule has 0 aromatic rings. The fraction of sp³-hybridized carbons (Fsp3) is 1.00. The summed E-state index contributed by atoms with van der Waals surface area (Å²) in [6, 6.07) is 0. The summed E-state index contributed by atoms with van der Waals surface area (Å²) in [5, 5.41) is 0. The molecule has 0 fully saturated rings. The molecular weight excluding hydrogens is 151 g/mol. The largest absolute Gasteiger partial charge is 0.354 e. The van der Waals surface area contributed by atoms with Crippen molar-refractivity contribution in [2.45, 2.75) is 19.5 Å². The Labute approximate surface area is 53.6 Å². The first-order valence-corrected chi connectivity index (χ1v) is 5.69. The van der Waals surface area contributed by atoms with E-state index in [-0.39, 0.29) is 5.66 Å². The van der Waals surface area contributed by atoms with Crippen LogP contribution in [0.2, 0.25) is 0 Å². The van der Waals surface area contributed by atoms with Crippen LogP contribution in [-0.2, 0) is 11.8 Å². The second-order valence-electron chi connectivity index (χ2n) is 1.64. The first-order valence-electron chi connectivity index (χ1n) is 1.96. The zero-order valence-corrected chi connectivity index (χ0v) is 6.72. The Balaban J connectivity index is 3.80. The second kappa shape index (κ2) is 2.45. The van der Waals surface area contributed by atoms with E-state index in [9.17, 15) is 0 Å². The van der Waals surface area contributed by atoms with Gasteiger partial charge in [-0.2, -0.15) is 0 Å². The van der Waals surface area contributed by atoms with Crippen molar-refractivity contribution in [1.82, 2.24) is 0 Å². The van der Waals surface area contributed by atoms with Gasteiger partial charge in [0.05, 0.1) is 0 Å². The molecule has 44 valence electrons. The maximum Gasteiger partial charge on any atom is 0.151 e. The first-order chi connectivity index (χ1) is 2.94. The minimum atomic E-state index is -2.43. The van der Waals surface area contributed by atoms with Gasteiger partial charge in [0.25, 0.3) is 0 Å². The summed E-state index contributed by atoms with van der Waals surface area (Å²) in [5.41, 5.74) is -2.39. The topological polar surface area (TPSA) is 20.2 Å². The van der Waals surface area contributed by atoms with Crippen molar-refractivity contribution in [2.75, 3.05) is 0 Å². The quantitative estimate of drug-likeness (QED) is 0.589. The van der Waals surface area contributed by atoms with Gasteiger partial charge >= 0.3 is 0 Å². The molecule has 0 aliphatic carbocycles. The molecule has 0 rings (SSSR count). The second-order valence-corrected chi connectivity index (χ2v) is 7.58. The molecular formula is C3H8ClOPS. The summed E-state index contributed by atoms with van der Waals surface area (Å²) < 4.78 is 0. The van der Waals surface area contributed by atoms with E-state index in [0.29, 0.717) is 0 Å². The zero-order valence-electron chi connectivity index (χ0n) is 4.26. The molecule has 0 aliphatic rings. The Morgan fingerprint density at radius 3 is 1.86 bits per heavy atom. The highest BCUT2D eigenvalue weighted by atomic mass is 35.7. The van der Waals surface area contributed by atoms with Crippen LogP contribution < -0.4 is 0 Å². The van der Waals surface area contributed by atoms with Crippen molar-refractivity contribution in [3.8, 4) is 0 Å². The molecule has 1 atom stereocenters. The molecule has 0 bridgehead atoms. The van der Waals surface area contributed by atoms with Crippen molar-refractivity contribution >= 4 is 28.7 Å². The van der Waals surface area contributed by atoms with E-state index in [2.05, 4.69) is 11.8 Å². The summed E-state index contributed by atoms with van der Waals surface area (Å²) in [6.45, 7) is 3.63. The van der Waals surface area contributed by atoms with Gasteiger partial charge in [-0.3, -0.25) is 0 Å². The Morgan fingerprint density at radius 2 is 1.86 bits per heavy atom. The minimum Gasteiger partial charge on any atom is -0.354 e. The summed E-state index contributed by atoms with van der Waals surface area (Å²) in [6.07, 6.45) is 0. The summed E-state index contributed by atoms with van der Waals surface area (Å²) >= 11 is 9.89. The number of hydrogen-bond acceptors (Lipinski definition) is 1. The van der Waals surface area contributed by atoms with Crippen LogP contribution in [0.1, 0.15) is 13.8 Å². The summed E-state index contributed by atoms with van der Waals surface area (Å²) in [5.74, 6) is 0. The van der Waals surface area contributed by atoms with Crippen molar-refractivity contribution in [3.05, 3.63) is 0 Å². The van der Waals surface area contributed by atoms with E-state index in [1.165, 1.54) is 0 Å². The van der Waals surface area contributed by atoms with Crippen LogP contribution >= 0.6 is 16.9 Å². The molecule has 1 unspecified atom stereocenters. The highest BCUT2D eigenvalue weighted by Gasteiger charge is 2.11. The Hall–Kier alpha value is 0.900. The van der Waals surface area contributed by atoms with Crippen LogP contribution in [0.25, 0.3) is 0 Å². The van der Waals surface area contributed by atoms with Crippen molar-refractivity contribution in [2.24, 2.45) is 0 Å². The van der Waals surface area contributed by atoms with Gasteiger partial charge in [-0.15, -0.1) is 0 Å². The zero-order chi connectivity index (χ0) is 6.08. The van der Waals surface area contributed by atoms with Crippen molar-refractivity contribution in [3.63, 3.8) is 0 Å². The average Bonchev–Trinajstić information content (AvgIpc) is 1.31. The standard InChI is InChI=1S/C3H8ClOPS/c1-3(2)6(4,5)7/h3H,1-2H3,(H,5,7). The highest BCUT2D eigenvalue weighted by Crippen LogP contribution is 2.51. The fourth-order valence-corrected chi connectivity index (χ4v) is 0. The number of rotatable bonds is 1. The van der Waals surface area contributed by atoms with Crippen molar-refractivity contribution in [1.29, 1.82) is 0 Å². The molecule has 0 aromatic carbocycles. The molecule has 0 aliphatic heterocycles. The summed E-state index contributed by atoms with van der Waals surface area (Å²) in [4.78, 5) is 8.79. The average molecular weight is 159 g/mol. The van der Waals surface area contributed by atoms with Gasteiger partial charge < -0.3 is 4.89 Å². The van der Waals surface area contributed by atoms with Crippen molar-refractivity contribution < 1.29 is 4.89 Å². The molecule has 0 aromatic heterocycles. The van der Waals surface area contributed by atoms with Gasteiger partial charge in [-0.1, -0.05) is 36.9 Å². The van der Waals surface area contributed by atoms with Crippen LogP contribution in [0.15, 0.2) is 0 Å². The van der Waals surface area contributed by atoms with Crippen LogP contribution in [0, 0.1) is 0 Å². The third-order valence-electron chi connectivity index (χ3n) is 0.637. The molecule has 7 heavy (non-hydrogen) atoms. The van der Waals surface area contributed by atoms with Crippen LogP contribution in [0.3, 0.4) is 0 Å². The fourth-order valence-electron chi connectivity index (χ4n) is 0. The molecule has 0 radical (unpaired) electrons. The van der Waals surface area contributed by atoms with E-state index in [1.807, 2.05) is 13.8 Å². The minimum absolute atomic E-state index is 0.0455. The molecule has 1 nitrogen and oxygen atoms in total. The molecule has 4 heteroatoms. The molecule has 0 heterocycles. The van der Waals surface area contributed by atoms with Gasteiger partial charge in [0.2, 0.25) is 0 Å². The first kappa shape index (κ1) is 7.90. The van der Waals surface area contributed by atoms with Gasteiger partial charge in [-0.25, -0.2) is 0 Å². The maximum atomic E-state index is 8.79. The predicted molar refractivity (Wildman–Crippen MR) is 37.5 cm³/mol. The number of halogens is 1. The van der Waals surface area contributed by atoms with Gasteiger partial charge in [0.1, 0.15) is 0 Å². The van der Waals surface area contributed by atoms with Crippen LogP contribution in [0.5, 0.6) is 0 Å². The third-order valence-corrected chi connectivity index (χ3v) is 4.35. The van der Waals surface area contributed by atoms with Gasteiger partial charge in [0, 0.05) is 5.66 Å². The molecule has 0 amide bonds. The SMILES string of the molecule is CC(C)P(O)(=S)Cl. The van der Waals surface area contributed by atoms with Gasteiger partial charge in [-0.05, 0) is 0 Å². The van der Waals surface area contributed by atoms with Gasteiger partial charge in [0.15, 0.2) is 5.62 Å². The van der Waals surface area contributed by atoms with E-state index in [1.54, 1.807) is 0 Å². The van der Waals surface area contributed by atoms with E-state index in [0.717, 1.165) is 0 Å². The predicted octanol–water partition coefficient (Wildman–Crippen LogP) is 1.94. The highest BCUT2D eigenvalue weighted by molar-refractivity contribution is 8.24. The molecule has 0 saturated carbocycles. The lowest BCUT2D eigenvalue weighted by Gasteiger charge is -2.07. The lowest BCUT2D eigenvalue weighted by atomic mass is 10.6.